The lowest BCUT2D eigenvalue weighted by Gasteiger charge is -2.18. The van der Waals surface area contributed by atoms with Gasteiger partial charge in [0.05, 0.1) is 12.5 Å². The number of nitrogens with zero attached hydrogens (tertiary/aromatic N) is 1. The predicted molar refractivity (Wildman–Crippen MR) is 74.9 cm³/mol. The van der Waals surface area contributed by atoms with Gasteiger partial charge < -0.3 is 14.9 Å². The Morgan fingerprint density at radius 3 is 2.62 bits per heavy atom. The molecule has 0 saturated carbocycles. The van der Waals surface area contributed by atoms with Crippen LogP contribution < -0.4 is 5.32 Å². The number of amides is 1. The highest BCUT2D eigenvalue weighted by Crippen LogP contribution is 2.21. The summed E-state index contributed by atoms with van der Waals surface area (Å²) in [7, 11) is 0. The molecule has 0 aliphatic rings. The topological polar surface area (TPSA) is 92.4 Å². The molecule has 1 unspecified atom stereocenters. The predicted octanol–water partition coefficient (Wildman–Crippen LogP) is 2.24. The van der Waals surface area contributed by atoms with Crippen LogP contribution in [0.4, 0.5) is 0 Å². The summed E-state index contributed by atoms with van der Waals surface area (Å²) in [5.74, 6) is -0.924. The second kappa shape index (κ2) is 6.21. The largest absolute Gasteiger partial charge is 0.481 e. The zero-order chi connectivity index (χ0) is 15.4. The summed E-state index contributed by atoms with van der Waals surface area (Å²) < 4.78 is 4.85. The number of benzene rings is 1. The fourth-order valence-corrected chi connectivity index (χ4v) is 2.10. The molecule has 110 valence electrons. The number of nitrogens with one attached hydrogen (secondary N) is 1. The highest BCUT2D eigenvalue weighted by molar-refractivity contribution is 5.92. The van der Waals surface area contributed by atoms with Crippen LogP contribution in [0.5, 0.6) is 0 Å². The van der Waals surface area contributed by atoms with Crippen LogP contribution in [0.25, 0.3) is 0 Å². The van der Waals surface area contributed by atoms with Crippen molar-refractivity contribution >= 4 is 11.9 Å². The molecule has 1 amide bonds. The van der Waals surface area contributed by atoms with Crippen LogP contribution in [0, 0.1) is 13.8 Å². The summed E-state index contributed by atoms with van der Waals surface area (Å²) in [4.78, 5) is 23.1. The summed E-state index contributed by atoms with van der Waals surface area (Å²) in [6.07, 6.45) is -0.201. The van der Waals surface area contributed by atoms with E-state index in [1.807, 2.05) is 25.1 Å². The van der Waals surface area contributed by atoms with E-state index in [1.165, 1.54) is 6.07 Å². The number of carboxylic acid groups (broad SMARTS) is 1. The Kier molecular flexibility index (Phi) is 4.37. The first-order chi connectivity index (χ1) is 9.97. The van der Waals surface area contributed by atoms with Crippen molar-refractivity contribution in [3.8, 4) is 0 Å². The van der Waals surface area contributed by atoms with Gasteiger partial charge in [-0.3, -0.25) is 9.59 Å². The normalized spacial score (nSPS) is 11.9. The molecule has 2 N–H and O–H groups in total. The minimum atomic E-state index is -0.986. The molecule has 21 heavy (non-hydrogen) atoms. The molecule has 6 heteroatoms. The maximum Gasteiger partial charge on any atom is 0.305 e. The van der Waals surface area contributed by atoms with Crippen molar-refractivity contribution in [2.45, 2.75) is 26.3 Å². The second-order valence-corrected chi connectivity index (χ2v) is 4.80. The first kappa shape index (κ1) is 14.8. The minimum Gasteiger partial charge on any atom is -0.481 e. The molecule has 0 aliphatic heterocycles. The van der Waals surface area contributed by atoms with Gasteiger partial charge in [-0.15, -0.1) is 0 Å². The number of carbonyl (C=O) groups is 2. The number of aryl methyl sites for hydroxylation is 2. The maximum atomic E-state index is 12.1. The number of carbonyl (C=O) groups excluding carboxylic acids is 1. The van der Waals surface area contributed by atoms with Gasteiger partial charge in [0.1, 0.15) is 5.76 Å². The quantitative estimate of drug-likeness (QED) is 0.880. The van der Waals surface area contributed by atoms with Crippen LogP contribution in [-0.4, -0.2) is 22.1 Å². The standard InChI is InChI=1S/C15H16N2O4/c1-9-5-3-4-6-11(9)12(8-14(18)19)16-15(20)13-7-10(2)21-17-13/h3-7,12H,8H2,1-2H3,(H,16,20)(H,18,19). The summed E-state index contributed by atoms with van der Waals surface area (Å²) >= 11 is 0. The number of carboxylic acids is 1. The molecular weight excluding hydrogens is 272 g/mol. The van der Waals surface area contributed by atoms with Crippen molar-refractivity contribution in [2.24, 2.45) is 0 Å². The Bertz CT molecular complexity index is 663. The molecule has 0 radical (unpaired) electrons. The third-order valence-corrected chi connectivity index (χ3v) is 3.11. The summed E-state index contributed by atoms with van der Waals surface area (Å²) in [6, 6.07) is 8.23. The van der Waals surface area contributed by atoms with Gasteiger partial charge in [-0.2, -0.15) is 0 Å². The molecule has 1 atom stereocenters. The molecule has 0 spiro atoms. The molecule has 2 rings (SSSR count). The summed E-state index contributed by atoms with van der Waals surface area (Å²) in [5, 5.41) is 15.4. The van der Waals surface area contributed by atoms with Gasteiger partial charge in [0.2, 0.25) is 0 Å². The van der Waals surface area contributed by atoms with E-state index >= 15 is 0 Å². The monoisotopic (exact) mass is 288 g/mol. The van der Waals surface area contributed by atoms with E-state index in [0.29, 0.717) is 5.76 Å². The van der Waals surface area contributed by atoms with Crippen LogP contribution in [0.1, 0.15) is 39.8 Å². The molecule has 6 nitrogen and oxygen atoms in total. The van der Waals surface area contributed by atoms with Crippen molar-refractivity contribution in [3.63, 3.8) is 0 Å². The van der Waals surface area contributed by atoms with Crippen LogP contribution in [-0.2, 0) is 4.79 Å². The minimum absolute atomic E-state index is 0.136. The molecule has 1 aromatic heterocycles. The Labute approximate surface area is 121 Å². The molecule has 1 heterocycles. The van der Waals surface area contributed by atoms with Gasteiger partial charge in [0.15, 0.2) is 5.69 Å². The van der Waals surface area contributed by atoms with Gasteiger partial charge in [0, 0.05) is 6.07 Å². The van der Waals surface area contributed by atoms with Crippen molar-refractivity contribution in [3.05, 3.63) is 52.9 Å². The maximum absolute atomic E-state index is 12.1. The zero-order valence-corrected chi connectivity index (χ0v) is 11.8. The lowest BCUT2D eigenvalue weighted by atomic mass is 9.98. The van der Waals surface area contributed by atoms with E-state index in [1.54, 1.807) is 13.0 Å². The molecule has 0 fully saturated rings. The molecular formula is C15H16N2O4. The van der Waals surface area contributed by atoms with Crippen molar-refractivity contribution < 1.29 is 19.2 Å². The highest BCUT2D eigenvalue weighted by atomic mass is 16.5. The first-order valence-corrected chi connectivity index (χ1v) is 6.49. The number of rotatable bonds is 5. The van der Waals surface area contributed by atoms with Crippen molar-refractivity contribution in [1.82, 2.24) is 10.5 Å². The van der Waals surface area contributed by atoms with E-state index in [4.69, 9.17) is 9.63 Å². The Hall–Kier alpha value is -2.63. The van der Waals surface area contributed by atoms with Gasteiger partial charge in [-0.05, 0) is 25.0 Å². The van der Waals surface area contributed by atoms with Gasteiger partial charge >= 0.3 is 5.97 Å². The fourth-order valence-electron chi connectivity index (χ4n) is 2.10. The average molecular weight is 288 g/mol. The molecule has 2 aromatic rings. The lowest BCUT2D eigenvalue weighted by Crippen LogP contribution is -2.30. The Morgan fingerprint density at radius 2 is 2.05 bits per heavy atom. The van der Waals surface area contributed by atoms with E-state index in [-0.39, 0.29) is 12.1 Å². The SMILES string of the molecule is Cc1cc(C(=O)NC(CC(=O)O)c2ccccc2C)no1. The van der Waals surface area contributed by atoms with Gasteiger partial charge in [-0.25, -0.2) is 0 Å². The number of aromatic nitrogens is 1. The van der Waals surface area contributed by atoms with E-state index in [2.05, 4.69) is 10.5 Å². The van der Waals surface area contributed by atoms with E-state index < -0.39 is 17.9 Å². The van der Waals surface area contributed by atoms with Gasteiger partial charge in [0.25, 0.3) is 5.91 Å². The van der Waals surface area contributed by atoms with Gasteiger partial charge in [-0.1, -0.05) is 29.4 Å². The molecule has 0 aliphatic carbocycles. The summed E-state index contributed by atoms with van der Waals surface area (Å²) in [6.45, 7) is 3.55. The van der Waals surface area contributed by atoms with Crippen LogP contribution in [0.15, 0.2) is 34.9 Å². The van der Waals surface area contributed by atoms with Crippen LogP contribution in [0.2, 0.25) is 0 Å². The van der Waals surface area contributed by atoms with E-state index in [9.17, 15) is 9.59 Å². The number of hydrogen-bond donors (Lipinski definition) is 2. The third kappa shape index (κ3) is 3.68. The van der Waals surface area contributed by atoms with Crippen LogP contribution >= 0.6 is 0 Å². The van der Waals surface area contributed by atoms with Crippen molar-refractivity contribution in [2.75, 3.05) is 0 Å². The summed E-state index contributed by atoms with van der Waals surface area (Å²) in [5.41, 5.74) is 1.82. The smallest absolute Gasteiger partial charge is 0.305 e. The van der Waals surface area contributed by atoms with E-state index in [0.717, 1.165) is 11.1 Å². The molecule has 0 saturated heterocycles. The first-order valence-electron chi connectivity index (χ1n) is 6.49. The van der Waals surface area contributed by atoms with Crippen molar-refractivity contribution in [1.29, 1.82) is 0 Å². The molecule has 1 aromatic carbocycles. The number of hydrogen-bond acceptors (Lipinski definition) is 4. The third-order valence-electron chi connectivity index (χ3n) is 3.11. The number of aliphatic carboxylic acids is 1. The second-order valence-electron chi connectivity index (χ2n) is 4.80. The zero-order valence-electron chi connectivity index (χ0n) is 11.8. The Balaban J connectivity index is 2.23. The fraction of sp³-hybridized carbons (Fsp3) is 0.267. The Morgan fingerprint density at radius 1 is 1.33 bits per heavy atom. The highest BCUT2D eigenvalue weighted by Gasteiger charge is 2.21. The lowest BCUT2D eigenvalue weighted by molar-refractivity contribution is -0.137. The van der Waals surface area contributed by atoms with Crippen LogP contribution in [0.3, 0.4) is 0 Å². The average Bonchev–Trinajstić information content (AvgIpc) is 2.85. The molecule has 0 bridgehead atoms.